The fraction of sp³-hybridized carbons (Fsp3) is 0.917. The maximum atomic E-state index is 11.8. The van der Waals surface area contributed by atoms with Crippen LogP contribution in [0.15, 0.2) is 0 Å². The lowest BCUT2D eigenvalue weighted by Gasteiger charge is -2.22. The van der Waals surface area contributed by atoms with Crippen molar-refractivity contribution in [3.05, 3.63) is 0 Å². The van der Waals surface area contributed by atoms with E-state index in [1.54, 1.807) is 0 Å². The second-order valence-corrected chi connectivity index (χ2v) is 5.02. The minimum atomic E-state index is 0.0601. The molecule has 0 spiro atoms. The Morgan fingerprint density at radius 2 is 2.07 bits per heavy atom. The van der Waals surface area contributed by atoms with Crippen LogP contribution in [0, 0.1) is 17.8 Å². The van der Waals surface area contributed by atoms with Crippen molar-refractivity contribution in [2.75, 3.05) is 6.61 Å². The van der Waals surface area contributed by atoms with Gasteiger partial charge in [0.15, 0.2) is 0 Å². The molecule has 1 saturated carbocycles. The first kappa shape index (κ1) is 12.5. The fourth-order valence-electron chi connectivity index (χ4n) is 2.06. The van der Waals surface area contributed by atoms with Crippen LogP contribution in [0.4, 0.5) is 0 Å². The van der Waals surface area contributed by atoms with Gasteiger partial charge in [-0.1, -0.05) is 27.2 Å². The molecule has 0 aromatic heterocycles. The molecule has 1 aliphatic carbocycles. The smallest absolute Gasteiger partial charge is 0.223 e. The molecule has 1 rings (SSSR count). The Bertz CT molecular complexity index is 216. The predicted octanol–water partition coefficient (Wildman–Crippen LogP) is 1.56. The van der Waals surface area contributed by atoms with E-state index in [0.717, 1.165) is 19.3 Å². The molecule has 0 aromatic rings. The molecule has 1 amide bonds. The fourth-order valence-corrected chi connectivity index (χ4v) is 2.06. The summed E-state index contributed by atoms with van der Waals surface area (Å²) >= 11 is 0. The summed E-state index contributed by atoms with van der Waals surface area (Å²) in [5.41, 5.74) is 0. The SMILES string of the molecule is CC(C)C(C)C(=O)NC1CCCC1CO. The summed E-state index contributed by atoms with van der Waals surface area (Å²) in [7, 11) is 0. The molecular weight excluding hydrogens is 190 g/mol. The maximum absolute atomic E-state index is 11.8. The van der Waals surface area contributed by atoms with Crippen molar-refractivity contribution in [2.24, 2.45) is 17.8 Å². The van der Waals surface area contributed by atoms with Gasteiger partial charge in [0, 0.05) is 24.5 Å². The number of amides is 1. The Morgan fingerprint density at radius 3 is 2.60 bits per heavy atom. The Kier molecular flexibility index (Phi) is 4.58. The highest BCUT2D eigenvalue weighted by Gasteiger charge is 2.29. The van der Waals surface area contributed by atoms with Crippen molar-refractivity contribution in [1.82, 2.24) is 5.32 Å². The molecule has 1 fully saturated rings. The minimum absolute atomic E-state index is 0.0601. The standard InChI is InChI=1S/C12H23NO2/c1-8(2)9(3)12(15)13-11-6-4-5-10(11)7-14/h8-11,14H,4-7H2,1-3H3,(H,13,15). The van der Waals surface area contributed by atoms with Gasteiger partial charge in [-0.3, -0.25) is 4.79 Å². The predicted molar refractivity (Wildman–Crippen MR) is 60.4 cm³/mol. The molecule has 1 aliphatic rings. The number of nitrogens with one attached hydrogen (secondary N) is 1. The van der Waals surface area contributed by atoms with E-state index in [4.69, 9.17) is 5.11 Å². The van der Waals surface area contributed by atoms with Crippen LogP contribution in [0.3, 0.4) is 0 Å². The van der Waals surface area contributed by atoms with Gasteiger partial charge in [-0.15, -0.1) is 0 Å². The molecule has 88 valence electrons. The molecule has 3 unspecified atom stereocenters. The van der Waals surface area contributed by atoms with Crippen molar-refractivity contribution in [3.8, 4) is 0 Å². The van der Waals surface area contributed by atoms with E-state index in [1.165, 1.54) is 0 Å². The van der Waals surface area contributed by atoms with E-state index >= 15 is 0 Å². The first-order valence-corrected chi connectivity index (χ1v) is 5.97. The summed E-state index contributed by atoms with van der Waals surface area (Å²) in [5.74, 6) is 0.840. The van der Waals surface area contributed by atoms with Crippen LogP contribution >= 0.6 is 0 Å². The van der Waals surface area contributed by atoms with E-state index in [0.29, 0.717) is 5.92 Å². The zero-order valence-electron chi connectivity index (χ0n) is 9.99. The minimum Gasteiger partial charge on any atom is -0.396 e. The van der Waals surface area contributed by atoms with Gasteiger partial charge in [0.05, 0.1) is 0 Å². The molecule has 0 radical (unpaired) electrons. The second kappa shape index (κ2) is 5.50. The van der Waals surface area contributed by atoms with Gasteiger partial charge < -0.3 is 10.4 Å². The number of hydrogen-bond acceptors (Lipinski definition) is 2. The first-order valence-electron chi connectivity index (χ1n) is 5.97. The number of carbonyl (C=O) groups excluding carboxylic acids is 1. The van der Waals surface area contributed by atoms with E-state index < -0.39 is 0 Å². The highest BCUT2D eigenvalue weighted by molar-refractivity contribution is 5.78. The lowest BCUT2D eigenvalue weighted by Crippen LogP contribution is -2.42. The summed E-state index contributed by atoms with van der Waals surface area (Å²) in [6, 6.07) is 0.198. The molecule has 0 aromatic carbocycles. The molecule has 0 bridgehead atoms. The second-order valence-electron chi connectivity index (χ2n) is 5.02. The molecule has 0 heterocycles. The number of carbonyl (C=O) groups is 1. The van der Waals surface area contributed by atoms with Gasteiger partial charge in [-0.2, -0.15) is 0 Å². The molecule has 15 heavy (non-hydrogen) atoms. The molecule has 0 aliphatic heterocycles. The van der Waals surface area contributed by atoms with Crippen molar-refractivity contribution in [3.63, 3.8) is 0 Å². The molecule has 3 nitrogen and oxygen atoms in total. The van der Waals surface area contributed by atoms with Crippen molar-refractivity contribution < 1.29 is 9.90 Å². The topological polar surface area (TPSA) is 49.3 Å². The van der Waals surface area contributed by atoms with Crippen molar-refractivity contribution >= 4 is 5.91 Å². The summed E-state index contributed by atoms with van der Waals surface area (Å²) in [5, 5.41) is 12.2. The van der Waals surface area contributed by atoms with Crippen molar-refractivity contribution in [1.29, 1.82) is 0 Å². The zero-order valence-corrected chi connectivity index (χ0v) is 9.99. The summed E-state index contributed by atoms with van der Waals surface area (Å²) < 4.78 is 0. The van der Waals surface area contributed by atoms with E-state index in [9.17, 15) is 4.79 Å². The molecule has 0 saturated heterocycles. The molecule has 2 N–H and O–H groups in total. The van der Waals surface area contributed by atoms with Crippen LogP contribution in [0.1, 0.15) is 40.0 Å². The Labute approximate surface area is 92.3 Å². The Hall–Kier alpha value is -0.570. The summed E-state index contributed by atoms with van der Waals surface area (Å²) in [6.07, 6.45) is 3.17. The average molecular weight is 213 g/mol. The zero-order chi connectivity index (χ0) is 11.4. The third-order valence-electron chi connectivity index (χ3n) is 3.63. The third-order valence-corrected chi connectivity index (χ3v) is 3.63. The van der Waals surface area contributed by atoms with E-state index in [-0.39, 0.29) is 30.4 Å². The van der Waals surface area contributed by atoms with Gasteiger partial charge in [-0.25, -0.2) is 0 Å². The van der Waals surface area contributed by atoms with Crippen LogP contribution in [0.5, 0.6) is 0 Å². The Morgan fingerprint density at radius 1 is 1.40 bits per heavy atom. The van der Waals surface area contributed by atoms with Gasteiger partial charge in [0.1, 0.15) is 0 Å². The monoisotopic (exact) mass is 213 g/mol. The highest BCUT2D eigenvalue weighted by atomic mass is 16.3. The number of rotatable bonds is 4. The number of aliphatic hydroxyl groups excluding tert-OH is 1. The van der Waals surface area contributed by atoms with E-state index in [1.807, 2.05) is 6.92 Å². The normalized spacial score (nSPS) is 28.1. The largest absolute Gasteiger partial charge is 0.396 e. The lowest BCUT2D eigenvalue weighted by atomic mass is 9.96. The molecular formula is C12H23NO2. The first-order chi connectivity index (χ1) is 7.06. The highest BCUT2D eigenvalue weighted by Crippen LogP contribution is 2.25. The van der Waals surface area contributed by atoms with Crippen LogP contribution in [0.2, 0.25) is 0 Å². The molecule has 3 heteroatoms. The summed E-state index contributed by atoms with van der Waals surface area (Å²) in [6.45, 7) is 6.27. The van der Waals surface area contributed by atoms with Crippen molar-refractivity contribution in [2.45, 2.75) is 46.1 Å². The van der Waals surface area contributed by atoms with Gasteiger partial charge in [-0.05, 0) is 18.8 Å². The lowest BCUT2D eigenvalue weighted by molar-refractivity contribution is -0.126. The third kappa shape index (κ3) is 3.20. The van der Waals surface area contributed by atoms with Crippen LogP contribution in [0.25, 0.3) is 0 Å². The summed E-state index contributed by atoms with van der Waals surface area (Å²) in [4.78, 5) is 11.8. The number of aliphatic hydroxyl groups is 1. The Balaban J connectivity index is 2.43. The quantitative estimate of drug-likeness (QED) is 0.744. The van der Waals surface area contributed by atoms with Gasteiger partial charge in [0.2, 0.25) is 5.91 Å². The van der Waals surface area contributed by atoms with Gasteiger partial charge in [0.25, 0.3) is 0 Å². The van der Waals surface area contributed by atoms with Gasteiger partial charge >= 0.3 is 0 Å². The number of hydrogen-bond donors (Lipinski definition) is 2. The average Bonchev–Trinajstić information content (AvgIpc) is 2.63. The van der Waals surface area contributed by atoms with Crippen LogP contribution < -0.4 is 5.32 Å². The molecule has 3 atom stereocenters. The maximum Gasteiger partial charge on any atom is 0.223 e. The van der Waals surface area contributed by atoms with Crippen LogP contribution in [-0.2, 0) is 4.79 Å². The van der Waals surface area contributed by atoms with Crippen LogP contribution in [-0.4, -0.2) is 23.7 Å². The van der Waals surface area contributed by atoms with E-state index in [2.05, 4.69) is 19.2 Å².